The topological polar surface area (TPSA) is 34.1 Å². The molecule has 1 heterocycles. The van der Waals surface area contributed by atoms with Gasteiger partial charge in [-0.3, -0.25) is 4.98 Å². The van der Waals surface area contributed by atoms with Crippen LogP contribution in [0.25, 0.3) is 10.9 Å². The summed E-state index contributed by atoms with van der Waals surface area (Å²) in [4.78, 5) is 4.40. The number of pyridine rings is 1. The molecule has 3 rings (SSSR count). The van der Waals surface area contributed by atoms with Crippen LogP contribution in [-0.4, -0.2) is 11.6 Å². The van der Waals surface area contributed by atoms with Gasteiger partial charge in [0.15, 0.2) is 0 Å². The van der Waals surface area contributed by atoms with E-state index >= 15 is 0 Å². The van der Waals surface area contributed by atoms with Gasteiger partial charge in [-0.2, -0.15) is 0 Å². The number of hydrogen-bond acceptors (Lipinski definition) is 3. The highest BCUT2D eigenvalue weighted by Crippen LogP contribution is 2.22. The molecule has 25 heavy (non-hydrogen) atoms. The molecular formula is C22H26N2O. The maximum atomic E-state index is 5.80. The maximum absolute atomic E-state index is 5.80. The van der Waals surface area contributed by atoms with Gasteiger partial charge in [-0.05, 0) is 36.2 Å². The number of nitrogens with zero attached hydrogens (tertiary/aromatic N) is 1. The zero-order valence-electron chi connectivity index (χ0n) is 14.9. The third-order valence-electron chi connectivity index (χ3n) is 4.32. The van der Waals surface area contributed by atoms with Crippen LogP contribution in [0.4, 0.5) is 5.69 Å². The van der Waals surface area contributed by atoms with E-state index in [0.717, 1.165) is 41.9 Å². The van der Waals surface area contributed by atoms with Crippen molar-refractivity contribution in [1.82, 2.24) is 4.98 Å². The minimum absolute atomic E-state index is 0.783. The summed E-state index contributed by atoms with van der Waals surface area (Å²) >= 11 is 0. The molecule has 0 radical (unpaired) electrons. The highest BCUT2D eigenvalue weighted by molar-refractivity contribution is 5.90. The van der Waals surface area contributed by atoms with Gasteiger partial charge in [0.05, 0.1) is 12.1 Å². The Kier molecular flexibility index (Phi) is 6.27. The first kappa shape index (κ1) is 17.3. The van der Waals surface area contributed by atoms with Crippen LogP contribution in [0.1, 0.15) is 38.2 Å². The minimum atomic E-state index is 0.783. The molecule has 0 saturated carbocycles. The smallest absolute Gasteiger partial charge is 0.119 e. The number of unbranched alkanes of at least 4 members (excludes halogenated alkanes) is 3. The van der Waals surface area contributed by atoms with Crippen LogP contribution >= 0.6 is 0 Å². The van der Waals surface area contributed by atoms with Gasteiger partial charge in [-0.25, -0.2) is 0 Å². The van der Waals surface area contributed by atoms with Crippen molar-refractivity contribution < 1.29 is 4.74 Å². The lowest BCUT2D eigenvalue weighted by atomic mass is 10.1. The third-order valence-corrected chi connectivity index (χ3v) is 4.32. The van der Waals surface area contributed by atoms with Crippen molar-refractivity contribution in [3.63, 3.8) is 0 Å². The molecule has 3 heteroatoms. The number of ether oxygens (including phenoxy) is 1. The molecule has 0 spiro atoms. The van der Waals surface area contributed by atoms with Gasteiger partial charge in [0, 0.05) is 23.8 Å². The summed E-state index contributed by atoms with van der Waals surface area (Å²) in [5.74, 6) is 0.953. The number of aromatic nitrogens is 1. The molecule has 2 aromatic carbocycles. The summed E-state index contributed by atoms with van der Waals surface area (Å²) < 4.78 is 5.80. The van der Waals surface area contributed by atoms with Gasteiger partial charge in [-0.15, -0.1) is 0 Å². The van der Waals surface area contributed by atoms with Crippen molar-refractivity contribution in [2.45, 2.75) is 39.2 Å². The lowest BCUT2D eigenvalue weighted by molar-refractivity contribution is 0.305. The van der Waals surface area contributed by atoms with Gasteiger partial charge < -0.3 is 10.1 Å². The second-order valence-electron chi connectivity index (χ2n) is 6.28. The molecule has 0 aliphatic heterocycles. The molecule has 3 nitrogen and oxygen atoms in total. The molecular weight excluding hydrogens is 308 g/mol. The van der Waals surface area contributed by atoms with E-state index in [-0.39, 0.29) is 0 Å². The molecule has 0 aliphatic rings. The summed E-state index contributed by atoms with van der Waals surface area (Å²) in [7, 11) is 0. The number of hydrogen-bond donors (Lipinski definition) is 1. The second kappa shape index (κ2) is 9.07. The number of anilines is 1. The lowest BCUT2D eigenvalue weighted by Gasteiger charge is -2.10. The first-order valence-electron chi connectivity index (χ1n) is 9.16. The Labute approximate surface area is 150 Å². The van der Waals surface area contributed by atoms with Crippen LogP contribution in [0.2, 0.25) is 0 Å². The fourth-order valence-electron chi connectivity index (χ4n) is 2.87. The van der Waals surface area contributed by atoms with Crippen molar-refractivity contribution >= 4 is 16.6 Å². The maximum Gasteiger partial charge on any atom is 0.119 e. The zero-order chi connectivity index (χ0) is 17.3. The van der Waals surface area contributed by atoms with Crippen LogP contribution < -0.4 is 10.1 Å². The molecule has 0 amide bonds. The third kappa shape index (κ3) is 4.96. The average molecular weight is 334 g/mol. The van der Waals surface area contributed by atoms with Gasteiger partial charge in [0.25, 0.3) is 0 Å². The van der Waals surface area contributed by atoms with E-state index < -0.39 is 0 Å². The monoisotopic (exact) mass is 334 g/mol. The molecule has 0 aliphatic carbocycles. The summed E-state index contributed by atoms with van der Waals surface area (Å²) in [6.07, 6.45) is 6.77. The van der Waals surface area contributed by atoms with Gasteiger partial charge in [0.1, 0.15) is 5.75 Å². The summed E-state index contributed by atoms with van der Waals surface area (Å²) in [5.41, 5.74) is 3.36. The Morgan fingerprint density at radius 3 is 2.60 bits per heavy atom. The fourth-order valence-corrected chi connectivity index (χ4v) is 2.87. The van der Waals surface area contributed by atoms with Gasteiger partial charge in [0.2, 0.25) is 0 Å². The van der Waals surface area contributed by atoms with Crippen LogP contribution in [0.15, 0.2) is 60.8 Å². The standard InChI is InChI=1S/C22H26N2O/c1-2-3-4-7-16-25-19-12-10-18(11-13-19)17-24-22-14-15-23-21-9-6-5-8-20(21)22/h5-6,8-15H,2-4,7,16-17H2,1H3,(H,23,24). The number of benzene rings is 2. The van der Waals surface area contributed by atoms with E-state index in [1.54, 1.807) is 0 Å². The lowest BCUT2D eigenvalue weighted by Crippen LogP contribution is -2.01. The molecule has 0 saturated heterocycles. The number of para-hydroxylation sites is 1. The summed E-state index contributed by atoms with van der Waals surface area (Å²) in [5, 5.41) is 4.66. The van der Waals surface area contributed by atoms with Crippen molar-refractivity contribution in [2.24, 2.45) is 0 Å². The summed E-state index contributed by atoms with van der Waals surface area (Å²) in [6, 6.07) is 18.6. The van der Waals surface area contributed by atoms with Crippen LogP contribution in [0.5, 0.6) is 5.75 Å². The first-order valence-corrected chi connectivity index (χ1v) is 9.16. The number of nitrogens with one attached hydrogen (secondary N) is 1. The Morgan fingerprint density at radius 2 is 1.76 bits per heavy atom. The van der Waals surface area contributed by atoms with Crippen LogP contribution in [0.3, 0.4) is 0 Å². The highest BCUT2D eigenvalue weighted by atomic mass is 16.5. The Morgan fingerprint density at radius 1 is 0.920 bits per heavy atom. The molecule has 130 valence electrons. The first-order chi connectivity index (χ1) is 12.4. The molecule has 3 aromatic rings. The van der Waals surface area contributed by atoms with Crippen molar-refractivity contribution in [1.29, 1.82) is 0 Å². The minimum Gasteiger partial charge on any atom is -0.494 e. The van der Waals surface area contributed by atoms with Crippen molar-refractivity contribution in [3.05, 3.63) is 66.4 Å². The largest absolute Gasteiger partial charge is 0.494 e. The Bertz CT molecular complexity index is 778. The zero-order valence-corrected chi connectivity index (χ0v) is 14.9. The predicted octanol–water partition coefficient (Wildman–Crippen LogP) is 5.81. The number of fused-ring (bicyclic) bond motifs is 1. The number of rotatable bonds is 9. The highest BCUT2D eigenvalue weighted by Gasteiger charge is 2.01. The molecule has 1 aromatic heterocycles. The van der Waals surface area contributed by atoms with E-state index in [0.29, 0.717) is 0 Å². The molecule has 0 atom stereocenters. The predicted molar refractivity (Wildman–Crippen MR) is 105 cm³/mol. The molecule has 1 N–H and O–H groups in total. The summed E-state index contributed by atoms with van der Waals surface area (Å²) in [6.45, 7) is 3.81. The van der Waals surface area contributed by atoms with E-state index in [2.05, 4.69) is 47.6 Å². The van der Waals surface area contributed by atoms with E-state index in [4.69, 9.17) is 4.74 Å². The Balaban J connectivity index is 1.53. The van der Waals surface area contributed by atoms with E-state index in [1.165, 1.54) is 24.8 Å². The van der Waals surface area contributed by atoms with Crippen molar-refractivity contribution in [3.8, 4) is 5.75 Å². The van der Waals surface area contributed by atoms with E-state index in [9.17, 15) is 0 Å². The molecule has 0 unspecified atom stereocenters. The van der Waals surface area contributed by atoms with Gasteiger partial charge >= 0.3 is 0 Å². The quantitative estimate of drug-likeness (QED) is 0.502. The van der Waals surface area contributed by atoms with Crippen LogP contribution in [-0.2, 0) is 6.54 Å². The van der Waals surface area contributed by atoms with E-state index in [1.807, 2.05) is 30.5 Å². The average Bonchev–Trinajstić information content (AvgIpc) is 2.67. The Hall–Kier alpha value is -2.55. The van der Waals surface area contributed by atoms with Gasteiger partial charge in [-0.1, -0.05) is 56.5 Å². The normalized spacial score (nSPS) is 10.8. The fraction of sp³-hybridized carbons (Fsp3) is 0.318. The van der Waals surface area contributed by atoms with Crippen molar-refractivity contribution in [2.75, 3.05) is 11.9 Å². The van der Waals surface area contributed by atoms with Crippen LogP contribution in [0, 0.1) is 0 Å². The SMILES string of the molecule is CCCCCCOc1ccc(CNc2ccnc3ccccc23)cc1. The second-order valence-corrected chi connectivity index (χ2v) is 6.28. The molecule has 0 fully saturated rings. The molecule has 0 bridgehead atoms.